The molecule has 0 spiro atoms. The lowest BCUT2D eigenvalue weighted by Gasteiger charge is -2.28. The minimum Gasteiger partial charge on any atom is -0.496 e. The van der Waals surface area contributed by atoms with Crippen molar-refractivity contribution in [2.45, 2.75) is 33.1 Å². The summed E-state index contributed by atoms with van der Waals surface area (Å²) in [6.45, 7) is 10.6. The van der Waals surface area contributed by atoms with E-state index in [1.165, 1.54) is 16.7 Å². The van der Waals surface area contributed by atoms with Crippen LogP contribution in [0.25, 0.3) is 0 Å². The summed E-state index contributed by atoms with van der Waals surface area (Å²) in [5.74, 6) is 0.968. The number of benzene rings is 1. The Bertz CT molecular complexity index is 400. The number of aryl methyl sites for hydroxylation is 2. The third kappa shape index (κ3) is 3.47. The van der Waals surface area contributed by atoms with E-state index in [1.807, 2.05) is 7.05 Å². The quantitative estimate of drug-likeness (QED) is 0.600. The molecule has 0 aliphatic carbocycles. The zero-order valence-corrected chi connectivity index (χ0v) is 12.5. The smallest absolute Gasteiger partial charge is 0.122 e. The van der Waals surface area contributed by atoms with Crippen molar-refractivity contribution < 1.29 is 4.74 Å². The first kappa shape index (κ1) is 15.0. The van der Waals surface area contributed by atoms with Crippen molar-refractivity contribution in [2.75, 3.05) is 27.4 Å². The molecule has 0 saturated heterocycles. The number of ether oxygens (including phenoxy) is 1. The van der Waals surface area contributed by atoms with Gasteiger partial charge in [-0.05, 0) is 43.7 Å². The molecule has 2 N–H and O–H groups in total. The average Bonchev–Trinajstić information content (AvgIpc) is 2.31. The zero-order chi connectivity index (χ0) is 13.8. The van der Waals surface area contributed by atoms with Gasteiger partial charge in [0.15, 0.2) is 0 Å². The Balaban J connectivity index is 2.97. The molecule has 1 aromatic rings. The van der Waals surface area contributed by atoms with Crippen LogP contribution in [0.15, 0.2) is 12.1 Å². The molecule has 0 amide bonds. The second-order valence-corrected chi connectivity index (χ2v) is 5.48. The second-order valence-electron chi connectivity index (χ2n) is 5.48. The van der Waals surface area contributed by atoms with Crippen LogP contribution < -0.4 is 15.4 Å². The molecule has 0 saturated carbocycles. The van der Waals surface area contributed by atoms with Crippen LogP contribution in [0.1, 0.15) is 30.5 Å². The lowest BCUT2D eigenvalue weighted by atomic mass is 9.81. The maximum absolute atomic E-state index is 5.37. The van der Waals surface area contributed by atoms with E-state index < -0.39 is 0 Å². The molecular weight excluding hydrogens is 224 g/mol. The first-order valence-electron chi connectivity index (χ1n) is 6.43. The summed E-state index contributed by atoms with van der Waals surface area (Å²) in [6, 6.07) is 4.37. The first-order chi connectivity index (χ1) is 8.42. The minimum absolute atomic E-state index is 0.109. The van der Waals surface area contributed by atoms with Gasteiger partial charge in [0, 0.05) is 18.6 Å². The summed E-state index contributed by atoms with van der Waals surface area (Å²) < 4.78 is 5.37. The highest BCUT2D eigenvalue weighted by Crippen LogP contribution is 2.31. The fourth-order valence-electron chi connectivity index (χ4n) is 2.33. The van der Waals surface area contributed by atoms with Crippen LogP contribution >= 0.6 is 0 Å². The molecule has 18 heavy (non-hydrogen) atoms. The van der Waals surface area contributed by atoms with Crippen LogP contribution in [0.2, 0.25) is 0 Å². The summed E-state index contributed by atoms with van der Waals surface area (Å²) >= 11 is 0. The molecule has 0 radical (unpaired) electrons. The fourth-order valence-corrected chi connectivity index (χ4v) is 2.33. The Morgan fingerprint density at radius 1 is 1.17 bits per heavy atom. The standard InChI is InChI=1S/C15H26N2O/c1-11-8-14(18-6)12(2)7-13(11)15(3,4)9-17-10-16-5/h7-8,16-17H,9-10H2,1-6H3. The van der Waals surface area contributed by atoms with Crippen molar-refractivity contribution >= 4 is 0 Å². The van der Waals surface area contributed by atoms with Gasteiger partial charge in [-0.15, -0.1) is 0 Å². The van der Waals surface area contributed by atoms with Gasteiger partial charge >= 0.3 is 0 Å². The van der Waals surface area contributed by atoms with Crippen LogP contribution in [0, 0.1) is 13.8 Å². The number of hydrogen-bond acceptors (Lipinski definition) is 3. The van der Waals surface area contributed by atoms with E-state index in [0.29, 0.717) is 0 Å². The van der Waals surface area contributed by atoms with Gasteiger partial charge in [-0.2, -0.15) is 0 Å². The molecule has 3 nitrogen and oxygen atoms in total. The Hall–Kier alpha value is -1.06. The van der Waals surface area contributed by atoms with Crippen LogP contribution in [0.3, 0.4) is 0 Å². The Labute approximate surface area is 111 Å². The van der Waals surface area contributed by atoms with Gasteiger partial charge in [-0.25, -0.2) is 0 Å². The second kappa shape index (κ2) is 6.21. The summed E-state index contributed by atoms with van der Waals surface area (Å²) in [6.07, 6.45) is 0. The largest absolute Gasteiger partial charge is 0.496 e. The summed E-state index contributed by atoms with van der Waals surface area (Å²) in [4.78, 5) is 0. The van der Waals surface area contributed by atoms with Crippen molar-refractivity contribution in [3.63, 3.8) is 0 Å². The summed E-state index contributed by atoms with van der Waals surface area (Å²) in [5, 5.41) is 6.51. The zero-order valence-electron chi connectivity index (χ0n) is 12.5. The maximum atomic E-state index is 5.37. The SMILES string of the molecule is CNCNCC(C)(C)c1cc(C)c(OC)cc1C. The molecule has 0 bridgehead atoms. The molecule has 0 fully saturated rings. The van der Waals surface area contributed by atoms with E-state index in [2.05, 4.69) is 50.5 Å². The van der Waals surface area contributed by atoms with Gasteiger partial charge < -0.3 is 15.4 Å². The van der Waals surface area contributed by atoms with E-state index in [-0.39, 0.29) is 5.41 Å². The number of methoxy groups -OCH3 is 1. The maximum Gasteiger partial charge on any atom is 0.122 e. The van der Waals surface area contributed by atoms with E-state index in [4.69, 9.17) is 4.74 Å². The molecular formula is C15H26N2O. The van der Waals surface area contributed by atoms with Gasteiger partial charge in [0.05, 0.1) is 7.11 Å². The van der Waals surface area contributed by atoms with Crippen molar-refractivity contribution in [3.05, 3.63) is 28.8 Å². The minimum atomic E-state index is 0.109. The van der Waals surface area contributed by atoms with E-state index in [0.717, 1.165) is 19.0 Å². The molecule has 0 aliphatic rings. The molecule has 3 heteroatoms. The van der Waals surface area contributed by atoms with Crippen molar-refractivity contribution in [3.8, 4) is 5.75 Å². The molecule has 0 atom stereocenters. The molecule has 1 aromatic carbocycles. The molecule has 102 valence electrons. The molecule has 0 aliphatic heterocycles. The van der Waals surface area contributed by atoms with Crippen molar-refractivity contribution in [1.82, 2.24) is 10.6 Å². The fraction of sp³-hybridized carbons (Fsp3) is 0.600. The van der Waals surface area contributed by atoms with Crippen LogP contribution in [-0.2, 0) is 5.41 Å². The molecule has 0 aromatic heterocycles. The Kier molecular flexibility index (Phi) is 5.17. The van der Waals surface area contributed by atoms with E-state index in [1.54, 1.807) is 7.11 Å². The van der Waals surface area contributed by atoms with Gasteiger partial charge in [0.1, 0.15) is 5.75 Å². The predicted molar refractivity (Wildman–Crippen MR) is 77.4 cm³/mol. The third-order valence-electron chi connectivity index (χ3n) is 3.34. The number of hydrogen-bond donors (Lipinski definition) is 2. The van der Waals surface area contributed by atoms with Gasteiger partial charge in [-0.1, -0.05) is 19.9 Å². The Morgan fingerprint density at radius 3 is 2.39 bits per heavy atom. The van der Waals surface area contributed by atoms with E-state index in [9.17, 15) is 0 Å². The normalized spacial score (nSPS) is 11.7. The van der Waals surface area contributed by atoms with Gasteiger partial charge in [0.2, 0.25) is 0 Å². The van der Waals surface area contributed by atoms with Crippen LogP contribution in [0.5, 0.6) is 5.75 Å². The molecule has 0 unspecified atom stereocenters. The monoisotopic (exact) mass is 250 g/mol. The summed E-state index contributed by atoms with van der Waals surface area (Å²) in [5.41, 5.74) is 3.97. The third-order valence-corrected chi connectivity index (χ3v) is 3.34. The predicted octanol–water partition coefficient (Wildman–Crippen LogP) is 2.36. The van der Waals surface area contributed by atoms with Gasteiger partial charge in [0.25, 0.3) is 0 Å². The number of nitrogens with one attached hydrogen (secondary N) is 2. The lowest BCUT2D eigenvalue weighted by molar-refractivity contribution is 0.409. The first-order valence-corrected chi connectivity index (χ1v) is 6.43. The average molecular weight is 250 g/mol. The topological polar surface area (TPSA) is 33.3 Å². The number of rotatable bonds is 6. The van der Waals surface area contributed by atoms with Gasteiger partial charge in [-0.3, -0.25) is 0 Å². The summed E-state index contributed by atoms with van der Waals surface area (Å²) in [7, 11) is 3.67. The molecule has 1 rings (SSSR count). The highest BCUT2D eigenvalue weighted by Gasteiger charge is 2.23. The van der Waals surface area contributed by atoms with Crippen LogP contribution in [-0.4, -0.2) is 27.4 Å². The molecule has 0 heterocycles. The van der Waals surface area contributed by atoms with Crippen LogP contribution in [0.4, 0.5) is 0 Å². The highest BCUT2D eigenvalue weighted by atomic mass is 16.5. The lowest BCUT2D eigenvalue weighted by Crippen LogP contribution is -2.37. The van der Waals surface area contributed by atoms with Crippen molar-refractivity contribution in [2.24, 2.45) is 0 Å². The van der Waals surface area contributed by atoms with Crippen molar-refractivity contribution in [1.29, 1.82) is 0 Å². The van der Waals surface area contributed by atoms with E-state index >= 15 is 0 Å². The Morgan fingerprint density at radius 2 is 1.83 bits per heavy atom. The highest BCUT2D eigenvalue weighted by molar-refractivity contribution is 5.44.